The van der Waals surface area contributed by atoms with Gasteiger partial charge in [0.05, 0.1) is 0 Å². The van der Waals surface area contributed by atoms with Gasteiger partial charge in [-0.2, -0.15) is 17.4 Å². The van der Waals surface area contributed by atoms with Gasteiger partial charge in [0, 0.05) is 57.7 Å². The minimum atomic E-state index is -3.47. The summed E-state index contributed by atoms with van der Waals surface area (Å²) in [5.41, 5.74) is 1.91. The van der Waals surface area contributed by atoms with Crippen LogP contribution in [0.2, 0.25) is 0 Å². The van der Waals surface area contributed by atoms with Crippen molar-refractivity contribution < 1.29 is 12.8 Å². The Hall–Kier alpha value is -2.23. The summed E-state index contributed by atoms with van der Waals surface area (Å²) in [5, 5.41) is 0. The summed E-state index contributed by atoms with van der Waals surface area (Å²) < 4.78 is 42.8. The van der Waals surface area contributed by atoms with Crippen molar-refractivity contribution >= 4 is 21.7 Å². The Morgan fingerprint density at radius 2 is 1.52 bits per heavy atom. The highest BCUT2D eigenvalue weighted by Gasteiger charge is 2.23. The second kappa shape index (κ2) is 9.93. The highest BCUT2D eigenvalue weighted by Crippen LogP contribution is 2.20. The molecule has 4 rings (SSSR count). The molecule has 2 aromatic rings. The average molecular weight is 448 g/mol. The molecule has 1 N–H and O–H groups in total. The molecule has 0 amide bonds. The lowest BCUT2D eigenvalue weighted by atomic mass is 10.2. The molecule has 0 spiro atoms. The van der Waals surface area contributed by atoms with Crippen LogP contribution in [-0.2, 0) is 16.8 Å². The van der Waals surface area contributed by atoms with Crippen molar-refractivity contribution in [2.24, 2.45) is 0 Å². The quantitative estimate of drug-likeness (QED) is 0.738. The number of rotatable bonds is 6. The molecule has 0 unspecified atom stereocenters. The van der Waals surface area contributed by atoms with E-state index in [9.17, 15) is 12.8 Å². The van der Waals surface area contributed by atoms with E-state index < -0.39 is 10.2 Å². The third-order valence-electron chi connectivity index (χ3n) is 5.97. The molecule has 0 aliphatic carbocycles. The second-order valence-corrected chi connectivity index (χ2v) is 9.87. The maximum absolute atomic E-state index is 13.2. The number of benzene rings is 1. The molecule has 2 aliphatic heterocycles. The maximum Gasteiger partial charge on any atom is 0.279 e. The van der Waals surface area contributed by atoms with Crippen molar-refractivity contribution in [2.75, 3.05) is 49.1 Å². The van der Waals surface area contributed by atoms with Crippen molar-refractivity contribution in [3.63, 3.8) is 0 Å². The number of piperazine rings is 1. The van der Waals surface area contributed by atoms with E-state index in [1.807, 2.05) is 12.1 Å². The highest BCUT2D eigenvalue weighted by atomic mass is 32.2. The number of pyridine rings is 1. The average Bonchev–Trinajstić information content (AvgIpc) is 3.09. The molecule has 2 fully saturated rings. The molecule has 9 heteroatoms. The first-order chi connectivity index (χ1) is 15.0. The molecule has 3 heterocycles. The van der Waals surface area contributed by atoms with E-state index in [-0.39, 0.29) is 12.4 Å². The number of aromatic nitrogens is 1. The van der Waals surface area contributed by atoms with Gasteiger partial charge < -0.3 is 9.80 Å². The summed E-state index contributed by atoms with van der Waals surface area (Å²) in [6, 6.07) is 10.4. The predicted octanol–water partition coefficient (Wildman–Crippen LogP) is 2.76. The van der Waals surface area contributed by atoms with Crippen molar-refractivity contribution in [2.45, 2.75) is 32.2 Å². The van der Waals surface area contributed by atoms with Gasteiger partial charge in [-0.15, -0.1) is 0 Å². The van der Waals surface area contributed by atoms with Crippen LogP contribution in [0, 0.1) is 5.82 Å². The van der Waals surface area contributed by atoms with Gasteiger partial charge in [0.1, 0.15) is 11.6 Å². The second-order valence-electron chi connectivity index (χ2n) is 8.11. The summed E-state index contributed by atoms with van der Waals surface area (Å²) in [6.07, 6.45) is 5.76. The Morgan fingerprint density at radius 1 is 0.871 bits per heavy atom. The molecule has 0 bridgehead atoms. The van der Waals surface area contributed by atoms with Crippen LogP contribution >= 0.6 is 0 Å². The third-order valence-corrected chi connectivity index (χ3v) is 7.52. The molecule has 1 aromatic heterocycles. The Labute approximate surface area is 184 Å². The molecular formula is C22H30FN5O2S. The Kier molecular flexibility index (Phi) is 7.04. The van der Waals surface area contributed by atoms with E-state index in [1.165, 1.54) is 12.1 Å². The number of halogens is 1. The lowest BCUT2D eigenvalue weighted by molar-refractivity contribution is 0.414. The number of anilines is 2. The Bertz CT molecular complexity index is 954. The van der Waals surface area contributed by atoms with Crippen LogP contribution in [0.15, 0.2) is 42.6 Å². The lowest BCUT2D eigenvalue weighted by Gasteiger charge is -2.36. The fourth-order valence-corrected chi connectivity index (χ4v) is 5.41. The van der Waals surface area contributed by atoms with Crippen molar-refractivity contribution in [3.8, 4) is 0 Å². The fraction of sp³-hybridized carbons (Fsp3) is 0.500. The van der Waals surface area contributed by atoms with E-state index in [0.29, 0.717) is 13.1 Å². The number of hydrogen-bond acceptors (Lipinski definition) is 5. The SMILES string of the molecule is O=S(=O)(NCc1ccnc(N2CCN(c3ccc(F)cc3)CC2)c1)N1CCCCCC1. The molecular weight excluding hydrogens is 417 g/mol. The van der Waals surface area contributed by atoms with Crippen LogP contribution in [0.3, 0.4) is 0 Å². The molecule has 0 saturated carbocycles. The van der Waals surface area contributed by atoms with E-state index >= 15 is 0 Å². The van der Waals surface area contributed by atoms with Gasteiger partial charge in [0.15, 0.2) is 0 Å². The van der Waals surface area contributed by atoms with E-state index in [1.54, 1.807) is 22.6 Å². The van der Waals surface area contributed by atoms with Crippen LogP contribution in [0.5, 0.6) is 0 Å². The first kappa shape index (κ1) is 22.0. The Morgan fingerprint density at radius 3 is 2.19 bits per heavy atom. The standard InChI is InChI=1S/C22H30FN5O2S/c23-20-5-7-21(8-6-20)26-13-15-27(16-14-26)22-17-19(9-10-24-22)18-25-31(29,30)28-11-3-1-2-4-12-28/h5-10,17,25H,1-4,11-16,18H2. The number of nitrogens with one attached hydrogen (secondary N) is 1. The minimum absolute atomic E-state index is 0.227. The molecule has 0 atom stereocenters. The first-order valence-corrected chi connectivity index (χ1v) is 12.4. The summed E-state index contributed by atoms with van der Waals surface area (Å²) >= 11 is 0. The first-order valence-electron chi connectivity index (χ1n) is 11.0. The van der Waals surface area contributed by atoms with Crippen LogP contribution in [-0.4, -0.2) is 57.0 Å². The van der Waals surface area contributed by atoms with Gasteiger partial charge in [0.2, 0.25) is 0 Å². The van der Waals surface area contributed by atoms with Crippen molar-refractivity contribution in [1.82, 2.24) is 14.0 Å². The van der Waals surface area contributed by atoms with Gasteiger partial charge in [-0.3, -0.25) is 0 Å². The summed E-state index contributed by atoms with van der Waals surface area (Å²) in [6.45, 7) is 4.67. The summed E-state index contributed by atoms with van der Waals surface area (Å²) in [7, 11) is -3.47. The third kappa shape index (κ3) is 5.72. The van der Waals surface area contributed by atoms with E-state index in [0.717, 1.165) is 68.9 Å². The maximum atomic E-state index is 13.2. The normalized spacial score (nSPS) is 18.7. The van der Waals surface area contributed by atoms with Crippen molar-refractivity contribution in [1.29, 1.82) is 0 Å². The van der Waals surface area contributed by atoms with Crippen molar-refractivity contribution in [3.05, 3.63) is 54.0 Å². The van der Waals surface area contributed by atoms with Gasteiger partial charge in [-0.1, -0.05) is 12.8 Å². The highest BCUT2D eigenvalue weighted by molar-refractivity contribution is 7.87. The predicted molar refractivity (Wildman–Crippen MR) is 121 cm³/mol. The molecule has 7 nitrogen and oxygen atoms in total. The van der Waals surface area contributed by atoms with Gasteiger partial charge in [-0.05, 0) is 54.8 Å². The topological polar surface area (TPSA) is 68.8 Å². The molecule has 168 valence electrons. The molecule has 31 heavy (non-hydrogen) atoms. The van der Waals surface area contributed by atoms with Gasteiger partial charge in [0.25, 0.3) is 10.2 Å². The number of nitrogens with zero attached hydrogens (tertiary/aromatic N) is 4. The summed E-state index contributed by atoms with van der Waals surface area (Å²) in [5.74, 6) is 0.625. The minimum Gasteiger partial charge on any atom is -0.368 e. The fourth-order valence-electron chi connectivity index (χ4n) is 4.14. The smallest absolute Gasteiger partial charge is 0.279 e. The summed E-state index contributed by atoms with van der Waals surface area (Å²) in [4.78, 5) is 8.92. The van der Waals surface area contributed by atoms with Gasteiger partial charge in [-0.25, -0.2) is 9.37 Å². The Balaban J connectivity index is 1.33. The van der Waals surface area contributed by atoms with E-state index in [4.69, 9.17) is 0 Å². The number of hydrogen-bond donors (Lipinski definition) is 1. The van der Waals surface area contributed by atoms with Gasteiger partial charge >= 0.3 is 0 Å². The molecule has 2 saturated heterocycles. The zero-order valence-electron chi connectivity index (χ0n) is 17.7. The zero-order valence-corrected chi connectivity index (χ0v) is 18.5. The zero-order chi connectivity index (χ0) is 21.7. The van der Waals surface area contributed by atoms with Crippen LogP contribution < -0.4 is 14.5 Å². The largest absolute Gasteiger partial charge is 0.368 e. The van der Waals surface area contributed by atoms with Crippen LogP contribution in [0.1, 0.15) is 31.2 Å². The molecule has 1 aromatic carbocycles. The monoisotopic (exact) mass is 447 g/mol. The molecule has 2 aliphatic rings. The van der Waals surface area contributed by atoms with Crippen LogP contribution in [0.25, 0.3) is 0 Å². The lowest BCUT2D eigenvalue weighted by Crippen LogP contribution is -2.46. The van der Waals surface area contributed by atoms with Crippen LogP contribution in [0.4, 0.5) is 15.9 Å². The van der Waals surface area contributed by atoms with E-state index in [2.05, 4.69) is 19.5 Å². The molecule has 0 radical (unpaired) electrons.